The molecule has 0 nitrogen and oxygen atoms in total. The van der Waals surface area contributed by atoms with Crippen LogP contribution in [-0.4, -0.2) is 0 Å². The quantitative estimate of drug-likeness (QED) is 0.366. The van der Waals surface area contributed by atoms with Gasteiger partial charge in [0.15, 0.2) is 0 Å². The molecular formula is C25H21Cl. The Bertz CT molecular complexity index is 753. The predicted molar refractivity (Wildman–Crippen MR) is 112 cm³/mol. The van der Waals surface area contributed by atoms with Gasteiger partial charge in [-0.15, -0.1) is 12.4 Å². The van der Waals surface area contributed by atoms with Crippen LogP contribution in [0.5, 0.6) is 0 Å². The normalized spacial score (nSPS) is 10.8. The summed E-state index contributed by atoms with van der Waals surface area (Å²) in [5.41, 5.74) is 4.78. The predicted octanol–water partition coefficient (Wildman–Crippen LogP) is 6.49. The molecule has 0 fully saturated rings. The second-order valence-electron chi connectivity index (χ2n) is 6.21. The van der Waals surface area contributed by atoms with E-state index in [9.17, 15) is 0 Å². The third kappa shape index (κ3) is 3.05. The summed E-state index contributed by atoms with van der Waals surface area (Å²) in [5.74, 6) is 0. The van der Waals surface area contributed by atoms with Gasteiger partial charge in [-0.25, -0.2) is 0 Å². The fourth-order valence-electron chi connectivity index (χ4n) is 3.75. The van der Waals surface area contributed by atoms with E-state index in [-0.39, 0.29) is 17.8 Å². The fourth-order valence-corrected chi connectivity index (χ4v) is 3.75. The lowest BCUT2D eigenvalue weighted by Crippen LogP contribution is -2.30. The molecule has 0 radical (unpaired) electrons. The van der Waals surface area contributed by atoms with Gasteiger partial charge in [0.1, 0.15) is 0 Å². The zero-order valence-corrected chi connectivity index (χ0v) is 15.3. The molecule has 26 heavy (non-hydrogen) atoms. The number of benzene rings is 4. The lowest BCUT2D eigenvalue weighted by atomic mass is 9.65. The third-order valence-electron chi connectivity index (χ3n) is 4.83. The molecular weight excluding hydrogens is 336 g/mol. The van der Waals surface area contributed by atoms with E-state index < -0.39 is 0 Å². The van der Waals surface area contributed by atoms with Crippen molar-refractivity contribution in [1.82, 2.24) is 0 Å². The van der Waals surface area contributed by atoms with Crippen LogP contribution in [0.25, 0.3) is 0 Å². The van der Waals surface area contributed by atoms with E-state index in [0.29, 0.717) is 0 Å². The zero-order chi connectivity index (χ0) is 17.0. The first-order valence-corrected chi connectivity index (χ1v) is 8.64. The second kappa shape index (κ2) is 8.03. The summed E-state index contributed by atoms with van der Waals surface area (Å²) in [7, 11) is 0. The van der Waals surface area contributed by atoms with Gasteiger partial charge in [-0.05, 0) is 22.3 Å². The molecule has 0 bridgehead atoms. The van der Waals surface area contributed by atoms with Crippen LogP contribution in [0, 0.1) is 0 Å². The van der Waals surface area contributed by atoms with Crippen molar-refractivity contribution in [2.24, 2.45) is 0 Å². The Morgan fingerprint density at radius 2 is 0.500 bits per heavy atom. The van der Waals surface area contributed by atoms with Crippen LogP contribution in [-0.2, 0) is 5.41 Å². The first-order valence-electron chi connectivity index (χ1n) is 8.64. The Hall–Kier alpha value is -2.83. The average Bonchev–Trinajstić information content (AvgIpc) is 2.72. The molecule has 0 atom stereocenters. The van der Waals surface area contributed by atoms with E-state index in [2.05, 4.69) is 121 Å². The van der Waals surface area contributed by atoms with E-state index >= 15 is 0 Å². The van der Waals surface area contributed by atoms with Crippen LogP contribution in [0.4, 0.5) is 0 Å². The molecule has 128 valence electrons. The summed E-state index contributed by atoms with van der Waals surface area (Å²) >= 11 is 0. The maximum atomic E-state index is 2.23. The van der Waals surface area contributed by atoms with Crippen LogP contribution < -0.4 is 0 Å². The van der Waals surface area contributed by atoms with Crippen molar-refractivity contribution >= 4 is 12.4 Å². The van der Waals surface area contributed by atoms with Crippen LogP contribution in [0.2, 0.25) is 0 Å². The fraction of sp³-hybridized carbons (Fsp3) is 0.0400. The summed E-state index contributed by atoms with van der Waals surface area (Å²) in [6, 6.07) is 43.1. The largest absolute Gasteiger partial charge is 0.147 e. The second-order valence-corrected chi connectivity index (χ2v) is 6.21. The average molecular weight is 357 g/mol. The number of halogens is 1. The monoisotopic (exact) mass is 356 g/mol. The first kappa shape index (κ1) is 18.0. The summed E-state index contributed by atoms with van der Waals surface area (Å²) in [5, 5.41) is 0. The van der Waals surface area contributed by atoms with Crippen LogP contribution >= 0.6 is 12.4 Å². The Kier molecular flexibility index (Phi) is 5.55. The molecule has 0 aliphatic carbocycles. The molecule has 0 unspecified atom stereocenters. The minimum absolute atomic E-state index is 0. The molecule has 0 spiro atoms. The Labute approximate surface area is 161 Å². The van der Waals surface area contributed by atoms with Gasteiger partial charge in [0.05, 0.1) is 5.41 Å². The number of hydrogen-bond acceptors (Lipinski definition) is 0. The molecule has 4 aromatic carbocycles. The van der Waals surface area contributed by atoms with Gasteiger partial charge < -0.3 is 0 Å². The Morgan fingerprint density at radius 3 is 0.692 bits per heavy atom. The van der Waals surface area contributed by atoms with Crippen LogP contribution in [0.1, 0.15) is 22.3 Å². The minimum atomic E-state index is -0.328. The van der Waals surface area contributed by atoms with Crippen molar-refractivity contribution in [1.29, 1.82) is 0 Å². The van der Waals surface area contributed by atoms with Crippen molar-refractivity contribution in [2.45, 2.75) is 5.41 Å². The summed E-state index contributed by atoms with van der Waals surface area (Å²) < 4.78 is 0. The lowest BCUT2D eigenvalue weighted by Gasteiger charge is -2.36. The van der Waals surface area contributed by atoms with E-state index in [4.69, 9.17) is 0 Å². The topological polar surface area (TPSA) is 0 Å². The maximum Gasteiger partial charge on any atom is 0.0701 e. The zero-order valence-electron chi connectivity index (χ0n) is 14.5. The van der Waals surface area contributed by atoms with Crippen molar-refractivity contribution in [3.05, 3.63) is 144 Å². The van der Waals surface area contributed by atoms with E-state index in [1.165, 1.54) is 22.3 Å². The standard InChI is InChI=1S/C25H20.ClH/c1-5-13-21(14-6-1)25(22-15-7-2-8-16-22,23-17-9-3-10-18-23)24-19-11-4-12-20-24;/h1-20H;1H. The summed E-state index contributed by atoms with van der Waals surface area (Å²) in [6.07, 6.45) is 0. The van der Waals surface area contributed by atoms with Crippen molar-refractivity contribution in [2.75, 3.05) is 0 Å². The van der Waals surface area contributed by atoms with Crippen LogP contribution in [0.15, 0.2) is 121 Å². The molecule has 0 N–H and O–H groups in total. The van der Waals surface area contributed by atoms with Crippen molar-refractivity contribution < 1.29 is 0 Å². The summed E-state index contributed by atoms with van der Waals surface area (Å²) in [6.45, 7) is 0. The highest BCUT2D eigenvalue weighted by Crippen LogP contribution is 2.44. The van der Waals surface area contributed by atoms with E-state index in [0.717, 1.165) is 0 Å². The van der Waals surface area contributed by atoms with Gasteiger partial charge in [-0.2, -0.15) is 0 Å². The number of rotatable bonds is 4. The highest BCUT2D eigenvalue weighted by atomic mass is 35.5. The van der Waals surface area contributed by atoms with E-state index in [1.54, 1.807) is 0 Å². The highest BCUT2D eigenvalue weighted by molar-refractivity contribution is 5.85. The SMILES string of the molecule is Cl.c1ccc(C(c2ccccc2)(c2ccccc2)c2ccccc2)cc1. The van der Waals surface area contributed by atoms with Gasteiger partial charge in [0, 0.05) is 0 Å². The molecule has 0 saturated heterocycles. The molecule has 0 aliphatic rings. The first-order chi connectivity index (χ1) is 12.4. The van der Waals surface area contributed by atoms with Crippen molar-refractivity contribution in [3.8, 4) is 0 Å². The summed E-state index contributed by atoms with van der Waals surface area (Å²) in [4.78, 5) is 0. The third-order valence-corrected chi connectivity index (χ3v) is 4.83. The van der Waals surface area contributed by atoms with Gasteiger partial charge in [-0.3, -0.25) is 0 Å². The smallest absolute Gasteiger partial charge is 0.0701 e. The molecule has 4 aromatic rings. The molecule has 0 saturated carbocycles. The van der Waals surface area contributed by atoms with Gasteiger partial charge in [0.2, 0.25) is 0 Å². The Balaban J connectivity index is 0.00000196. The molecule has 0 aromatic heterocycles. The molecule has 0 heterocycles. The molecule has 4 rings (SSSR count). The highest BCUT2D eigenvalue weighted by Gasteiger charge is 2.37. The Morgan fingerprint density at radius 1 is 0.308 bits per heavy atom. The number of hydrogen-bond donors (Lipinski definition) is 0. The van der Waals surface area contributed by atoms with Gasteiger partial charge in [-0.1, -0.05) is 121 Å². The molecule has 0 amide bonds. The van der Waals surface area contributed by atoms with E-state index in [1.807, 2.05) is 0 Å². The lowest BCUT2D eigenvalue weighted by molar-refractivity contribution is 0.745. The minimum Gasteiger partial charge on any atom is -0.147 e. The van der Waals surface area contributed by atoms with Gasteiger partial charge >= 0.3 is 0 Å². The van der Waals surface area contributed by atoms with Gasteiger partial charge in [0.25, 0.3) is 0 Å². The maximum absolute atomic E-state index is 2.23. The van der Waals surface area contributed by atoms with Crippen LogP contribution in [0.3, 0.4) is 0 Å². The molecule has 1 heteroatoms. The van der Waals surface area contributed by atoms with Crippen molar-refractivity contribution in [3.63, 3.8) is 0 Å². The molecule has 0 aliphatic heterocycles.